The monoisotopic (exact) mass is 224 g/mol. The molecule has 6 heteroatoms. The Kier molecular flexibility index (Phi) is 3.12. The molecule has 0 saturated heterocycles. The zero-order valence-electron chi connectivity index (χ0n) is 8.93. The van der Waals surface area contributed by atoms with E-state index >= 15 is 0 Å². The highest BCUT2D eigenvalue weighted by atomic mass is 16.6. The number of carboxylic acid groups (broad SMARTS) is 1. The van der Waals surface area contributed by atoms with Crippen molar-refractivity contribution in [2.45, 2.75) is 19.4 Å². The fraction of sp³-hybridized carbons (Fsp3) is 0.300. The number of hydrogen-bond donors (Lipinski definition) is 2. The summed E-state index contributed by atoms with van der Waals surface area (Å²) in [6.45, 7) is 2.87. The lowest BCUT2D eigenvalue weighted by Gasteiger charge is -2.22. The molecular weight excluding hydrogens is 212 g/mol. The Balaban J connectivity index is 3.06. The molecule has 16 heavy (non-hydrogen) atoms. The molecule has 86 valence electrons. The van der Waals surface area contributed by atoms with Gasteiger partial charge >= 0.3 is 5.97 Å². The topological polar surface area (TPSA) is 92.5 Å². The second-order valence-corrected chi connectivity index (χ2v) is 3.83. The van der Waals surface area contributed by atoms with Crippen molar-refractivity contribution in [3.63, 3.8) is 0 Å². The van der Waals surface area contributed by atoms with E-state index in [0.717, 1.165) is 0 Å². The standard InChI is InChI=1S/C10H12N2O4/c1-10(2,9(13)14)11-7-5-3-4-6-8(7)12(15)16/h3-6,11H,1-2H3,(H,13,14). The van der Waals surface area contributed by atoms with Crippen molar-refractivity contribution in [3.05, 3.63) is 34.4 Å². The van der Waals surface area contributed by atoms with E-state index in [4.69, 9.17) is 5.11 Å². The molecule has 0 spiro atoms. The largest absolute Gasteiger partial charge is 0.480 e. The Morgan fingerprint density at radius 1 is 1.44 bits per heavy atom. The van der Waals surface area contributed by atoms with E-state index in [1.165, 1.54) is 32.0 Å². The molecule has 6 nitrogen and oxygen atoms in total. The highest BCUT2D eigenvalue weighted by molar-refractivity contribution is 5.82. The van der Waals surface area contributed by atoms with Crippen molar-refractivity contribution in [1.29, 1.82) is 0 Å². The van der Waals surface area contributed by atoms with Gasteiger partial charge < -0.3 is 10.4 Å². The van der Waals surface area contributed by atoms with Crippen molar-refractivity contribution in [1.82, 2.24) is 0 Å². The average molecular weight is 224 g/mol. The van der Waals surface area contributed by atoms with E-state index in [-0.39, 0.29) is 11.4 Å². The van der Waals surface area contributed by atoms with Crippen LogP contribution in [0.1, 0.15) is 13.8 Å². The maximum atomic E-state index is 10.9. The molecule has 0 fully saturated rings. The van der Waals surface area contributed by atoms with Gasteiger partial charge in [0.1, 0.15) is 11.2 Å². The fourth-order valence-corrected chi connectivity index (χ4v) is 1.13. The molecule has 0 atom stereocenters. The van der Waals surface area contributed by atoms with Crippen LogP contribution in [-0.2, 0) is 4.79 Å². The highest BCUT2D eigenvalue weighted by Crippen LogP contribution is 2.26. The molecule has 0 aromatic heterocycles. The summed E-state index contributed by atoms with van der Waals surface area (Å²) in [6.07, 6.45) is 0. The lowest BCUT2D eigenvalue weighted by atomic mass is 10.1. The van der Waals surface area contributed by atoms with E-state index in [2.05, 4.69) is 5.32 Å². The third-order valence-electron chi connectivity index (χ3n) is 2.08. The molecule has 2 N–H and O–H groups in total. The zero-order valence-corrected chi connectivity index (χ0v) is 8.93. The third kappa shape index (κ3) is 2.47. The number of nitrogens with one attached hydrogen (secondary N) is 1. The van der Waals surface area contributed by atoms with Gasteiger partial charge in [-0.05, 0) is 19.9 Å². The summed E-state index contributed by atoms with van der Waals surface area (Å²) in [5, 5.41) is 22.2. The molecule has 0 aliphatic heterocycles. The molecular formula is C10H12N2O4. The number of para-hydroxylation sites is 2. The molecule has 0 heterocycles. The lowest BCUT2D eigenvalue weighted by molar-refractivity contribution is -0.384. The van der Waals surface area contributed by atoms with Crippen LogP contribution < -0.4 is 5.32 Å². The second kappa shape index (κ2) is 4.18. The van der Waals surface area contributed by atoms with Crippen LogP contribution in [0.25, 0.3) is 0 Å². The SMILES string of the molecule is CC(C)(Nc1ccccc1[N+](=O)[O-])C(=O)O. The van der Waals surface area contributed by atoms with Crippen LogP contribution in [0.15, 0.2) is 24.3 Å². The van der Waals surface area contributed by atoms with Crippen molar-refractivity contribution < 1.29 is 14.8 Å². The van der Waals surface area contributed by atoms with Crippen LogP contribution in [0, 0.1) is 10.1 Å². The smallest absolute Gasteiger partial charge is 0.328 e. The summed E-state index contributed by atoms with van der Waals surface area (Å²) >= 11 is 0. The maximum absolute atomic E-state index is 10.9. The van der Waals surface area contributed by atoms with Gasteiger partial charge in [-0.3, -0.25) is 10.1 Å². The Bertz CT molecular complexity index is 429. The molecule has 1 aromatic rings. The van der Waals surface area contributed by atoms with Crippen molar-refractivity contribution >= 4 is 17.3 Å². The number of anilines is 1. The maximum Gasteiger partial charge on any atom is 0.328 e. The van der Waals surface area contributed by atoms with Crippen LogP contribution in [0.5, 0.6) is 0 Å². The van der Waals surface area contributed by atoms with Gasteiger partial charge in [0.15, 0.2) is 0 Å². The Morgan fingerprint density at radius 3 is 2.50 bits per heavy atom. The number of nitro groups is 1. The minimum Gasteiger partial charge on any atom is -0.480 e. The average Bonchev–Trinajstić information content (AvgIpc) is 2.17. The number of carbonyl (C=O) groups is 1. The number of carboxylic acids is 1. The second-order valence-electron chi connectivity index (χ2n) is 3.83. The molecule has 0 amide bonds. The number of rotatable bonds is 4. The van der Waals surface area contributed by atoms with Crippen LogP contribution in [0.2, 0.25) is 0 Å². The van der Waals surface area contributed by atoms with Crippen LogP contribution >= 0.6 is 0 Å². The summed E-state index contributed by atoms with van der Waals surface area (Å²) in [7, 11) is 0. The molecule has 0 radical (unpaired) electrons. The van der Waals surface area contributed by atoms with Gasteiger partial charge in [-0.2, -0.15) is 0 Å². The summed E-state index contributed by atoms with van der Waals surface area (Å²) < 4.78 is 0. The van der Waals surface area contributed by atoms with Crippen LogP contribution in [0.4, 0.5) is 11.4 Å². The molecule has 0 bridgehead atoms. The zero-order chi connectivity index (χ0) is 12.3. The van der Waals surface area contributed by atoms with E-state index in [1.54, 1.807) is 6.07 Å². The van der Waals surface area contributed by atoms with Crippen LogP contribution in [-0.4, -0.2) is 21.5 Å². The Labute approximate surface area is 92.0 Å². The molecule has 0 aliphatic rings. The molecule has 0 saturated carbocycles. The van der Waals surface area contributed by atoms with Gasteiger partial charge in [0.05, 0.1) is 4.92 Å². The van der Waals surface area contributed by atoms with E-state index < -0.39 is 16.4 Å². The van der Waals surface area contributed by atoms with Gasteiger partial charge in [0.25, 0.3) is 5.69 Å². The predicted octanol–water partition coefficient (Wildman–Crippen LogP) is 1.87. The summed E-state index contributed by atoms with van der Waals surface area (Å²) in [6, 6.07) is 5.92. The van der Waals surface area contributed by atoms with Gasteiger partial charge in [0.2, 0.25) is 0 Å². The number of nitrogens with zero attached hydrogens (tertiary/aromatic N) is 1. The number of nitro benzene ring substituents is 1. The minimum atomic E-state index is -1.26. The predicted molar refractivity (Wildman–Crippen MR) is 58.4 cm³/mol. The summed E-state index contributed by atoms with van der Waals surface area (Å²) in [5.41, 5.74) is -1.21. The Morgan fingerprint density at radius 2 is 2.00 bits per heavy atom. The van der Waals surface area contributed by atoms with Crippen molar-refractivity contribution in [3.8, 4) is 0 Å². The minimum absolute atomic E-state index is 0.142. The molecule has 0 unspecified atom stereocenters. The lowest BCUT2D eigenvalue weighted by Crippen LogP contribution is -2.40. The normalized spacial score (nSPS) is 10.9. The summed E-state index contributed by atoms with van der Waals surface area (Å²) in [4.78, 5) is 21.0. The van der Waals surface area contributed by atoms with Crippen LogP contribution in [0.3, 0.4) is 0 Å². The Hall–Kier alpha value is -2.11. The van der Waals surface area contributed by atoms with Crippen molar-refractivity contribution in [2.24, 2.45) is 0 Å². The summed E-state index contributed by atoms with van der Waals surface area (Å²) in [5.74, 6) is -1.08. The first-order chi connectivity index (χ1) is 7.34. The van der Waals surface area contributed by atoms with E-state index in [0.29, 0.717) is 0 Å². The first-order valence-corrected chi connectivity index (χ1v) is 4.59. The van der Waals surface area contributed by atoms with Gasteiger partial charge in [-0.15, -0.1) is 0 Å². The highest BCUT2D eigenvalue weighted by Gasteiger charge is 2.29. The first-order valence-electron chi connectivity index (χ1n) is 4.59. The third-order valence-corrected chi connectivity index (χ3v) is 2.08. The molecule has 1 aromatic carbocycles. The quantitative estimate of drug-likeness (QED) is 0.601. The van der Waals surface area contributed by atoms with Gasteiger partial charge in [-0.1, -0.05) is 12.1 Å². The van der Waals surface area contributed by atoms with Crippen molar-refractivity contribution in [2.75, 3.05) is 5.32 Å². The van der Waals surface area contributed by atoms with Gasteiger partial charge in [-0.25, -0.2) is 4.79 Å². The van der Waals surface area contributed by atoms with Gasteiger partial charge in [0, 0.05) is 6.07 Å². The number of aliphatic carboxylic acids is 1. The first kappa shape index (κ1) is 12.0. The molecule has 0 aliphatic carbocycles. The fourth-order valence-electron chi connectivity index (χ4n) is 1.13. The molecule has 1 rings (SSSR count). The van der Waals surface area contributed by atoms with E-state index in [1.807, 2.05) is 0 Å². The van der Waals surface area contributed by atoms with E-state index in [9.17, 15) is 14.9 Å². The number of hydrogen-bond acceptors (Lipinski definition) is 4. The number of benzene rings is 1.